The van der Waals surface area contributed by atoms with Gasteiger partial charge in [-0.1, -0.05) is 12.1 Å². The maximum absolute atomic E-state index is 12.9. The van der Waals surface area contributed by atoms with Gasteiger partial charge in [0.25, 0.3) is 11.8 Å². The average Bonchev–Trinajstić information content (AvgIpc) is 2.59. The number of hydrogen-bond acceptors (Lipinski definition) is 5. The Hall–Kier alpha value is -0.700. The lowest BCUT2D eigenvalue weighted by atomic mass is 10.2. The van der Waals surface area contributed by atoms with Gasteiger partial charge < -0.3 is 15.8 Å². The largest absolute Gasteiger partial charge is 0.484 e. The highest BCUT2D eigenvalue weighted by molar-refractivity contribution is 8.16. The summed E-state index contributed by atoms with van der Waals surface area (Å²) in [6, 6.07) is 7.55. The fourth-order valence-corrected chi connectivity index (χ4v) is 4.80. The van der Waals surface area contributed by atoms with Crippen molar-refractivity contribution in [2.45, 2.75) is 16.9 Å². The molecular formula is C15H21ClF2N2O2S2. The molecular weight excluding hydrogens is 378 g/mol. The first-order valence-corrected chi connectivity index (χ1v) is 9.40. The van der Waals surface area contributed by atoms with Gasteiger partial charge in [0, 0.05) is 0 Å². The quantitative estimate of drug-likeness (QED) is 0.739. The van der Waals surface area contributed by atoms with E-state index in [4.69, 9.17) is 10.5 Å². The van der Waals surface area contributed by atoms with E-state index in [-0.39, 0.29) is 19.0 Å². The maximum Gasteiger partial charge on any atom is 0.277 e. The summed E-state index contributed by atoms with van der Waals surface area (Å²) >= 11 is 3.86. The molecule has 136 valence electrons. The summed E-state index contributed by atoms with van der Waals surface area (Å²) in [5, 5.41) is 2.11. The Morgan fingerprint density at radius 2 is 1.92 bits per heavy atom. The lowest BCUT2D eigenvalue weighted by Crippen LogP contribution is -2.43. The van der Waals surface area contributed by atoms with E-state index in [1.807, 2.05) is 35.7 Å². The van der Waals surface area contributed by atoms with Gasteiger partial charge in [0.15, 0.2) is 6.61 Å². The van der Waals surface area contributed by atoms with Crippen LogP contribution in [0.2, 0.25) is 0 Å². The van der Waals surface area contributed by atoms with Crippen molar-refractivity contribution in [3.05, 3.63) is 29.8 Å². The second-order valence-corrected chi connectivity index (χ2v) is 7.85. The predicted octanol–water partition coefficient (Wildman–Crippen LogP) is 3.07. The first-order valence-electron chi connectivity index (χ1n) is 7.31. The van der Waals surface area contributed by atoms with Crippen molar-refractivity contribution in [1.82, 2.24) is 5.32 Å². The highest BCUT2D eigenvalue weighted by Crippen LogP contribution is 2.43. The van der Waals surface area contributed by atoms with Gasteiger partial charge in [-0.25, -0.2) is 8.78 Å². The summed E-state index contributed by atoms with van der Waals surface area (Å²) in [6.07, 6.45) is 1.24. The van der Waals surface area contributed by atoms with Crippen molar-refractivity contribution in [1.29, 1.82) is 0 Å². The molecule has 0 aliphatic carbocycles. The van der Waals surface area contributed by atoms with Gasteiger partial charge in [-0.05, 0) is 35.6 Å². The topological polar surface area (TPSA) is 64.3 Å². The van der Waals surface area contributed by atoms with Crippen LogP contribution in [0, 0.1) is 0 Å². The zero-order valence-corrected chi connectivity index (χ0v) is 15.5. The minimum Gasteiger partial charge on any atom is -0.484 e. The molecule has 3 N–H and O–H groups in total. The third-order valence-corrected chi connectivity index (χ3v) is 6.21. The molecule has 0 spiro atoms. The van der Waals surface area contributed by atoms with Crippen LogP contribution in [0.1, 0.15) is 16.6 Å². The predicted molar refractivity (Wildman–Crippen MR) is 98.5 cm³/mol. The van der Waals surface area contributed by atoms with Crippen molar-refractivity contribution < 1.29 is 18.3 Å². The molecule has 1 saturated heterocycles. The van der Waals surface area contributed by atoms with E-state index in [0.717, 1.165) is 0 Å². The summed E-state index contributed by atoms with van der Waals surface area (Å²) in [5.74, 6) is -0.805. The van der Waals surface area contributed by atoms with E-state index in [1.165, 1.54) is 23.5 Å². The van der Waals surface area contributed by atoms with Gasteiger partial charge in [-0.2, -0.15) is 0 Å². The third kappa shape index (κ3) is 7.04. The van der Waals surface area contributed by atoms with Gasteiger partial charge in [0.05, 0.1) is 17.7 Å². The zero-order chi connectivity index (χ0) is 16.7. The molecule has 0 aromatic heterocycles. The van der Waals surface area contributed by atoms with Crippen molar-refractivity contribution in [3.63, 3.8) is 0 Å². The molecule has 0 saturated carbocycles. The van der Waals surface area contributed by atoms with Crippen molar-refractivity contribution in [3.8, 4) is 5.75 Å². The molecule has 2 rings (SSSR count). The monoisotopic (exact) mass is 398 g/mol. The first-order chi connectivity index (χ1) is 11.0. The smallest absolute Gasteiger partial charge is 0.277 e. The van der Waals surface area contributed by atoms with Crippen LogP contribution in [0.5, 0.6) is 5.75 Å². The van der Waals surface area contributed by atoms with Crippen LogP contribution in [0.4, 0.5) is 8.78 Å². The number of benzene rings is 1. The summed E-state index contributed by atoms with van der Waals surface area (Å²) < 4.78 is 31.6. The lowest BCUT2D eigenvalue weighted by molar-refractivity contribution is -0.124. The number of carbonyl (C=O) groups excluding carboxylic acids is 1. The molecule has 1 heterocycles. The number of amides is 1. The van der Waals surface area contributed by atoms with Crippen LogP contribution in [-0.2, 0) is 4.79 Å². The number of hydrogen-bond donors (Lipinski definition) is 2. The summed E-state index contributed by atoms with van der Waals surface area (Å²) in [7, 11) is 0. The third-order valence-electron chi connectivity index (χ3n) is 3.19. The van der Waals surface area contributed by atoms with Crippen LogP contribution in [0.15, 0.2) is 24.3 Å². The van der Waals surface area contributed by atoms with Crippen LogP contribution in [0.3, 0.4) is 0 Å². The normalized spacial score (nSPS) is 15.5. The fraction of sp³-hybridized carbons (Fsp3) is 0.533. The van der Waals surface area contributed by atoms with Crippen LogP contribution in [-0.4, -0.2) is 43.0 Å². The number of ether oxygens (including phenoxy) is 1. The van der Waals surface area contributed by atoms with E-state index in [2.05, 4.69) is 5.32 Å². The Balaban J connectivity index is 0.00000288. The maximum atomic E-state index is 12.9. The van der Waals surface area contributed by atoms with Crippen LogP contribution < -0.4 is 15.8 Å². The van der Waals surface area contributed by atoms with E-state index in [0.29, 0.717) is 10.3 Å². The molecule has 0 unspecified atom stereocenters. The SMILES string of the molecule is Cl.NCC(F)(F)CNC(=O)COc1ccc(C2SCCCS2)cc1. The Labute approximate surface area is 155 Å². The van der Waals surface area contributed by atoms with E-state index < -0.39 is 24.9 Å². The van der Waals surface area contributed by atoms with E-state index in [9.17, 15) is 13.6 Å². The molecule has 1 aliphatic heterocycles. The second kappa shape index (κ2) is 10.3. The molecule has 4 nitrogen and oxygen atoms in total. The Morgan fingerprint density at radius 1 is 1.29 bits per heavy atom. The number of nitrogens with one attached hydrogen (secondary N) is 1. The molecule has 1 aromatic rings. The van der Waals surface area contributed by atoms with Crippen LogP contribution >= 0.6 is 35.9 Å². The van der Waals surface area contributed by atoms with Gasteiger partial charge >= 0.3 is 0 Å². The summed E-state index contributed by atoms with van der Waals surface area (Å²) in [5.41, 5.74) is 6.12. The second-order valence-electron chi connectivity index (χ2n) is 5.12. The molecule has 1 aliphatic rings. The summed E-state index contributed by atoms with van der Waals surface area (Å²) in [6.45, 7) is -1.87. The summed E-state index contributed by atoms with van der Waals surface area (Å²) in [4.78, 5) is 11.5. The Bertz CT molecular complexity index is 515. The molecule has 0 radical (unpaired) electrons. The average molecular weight is 399 g/mol. The number of carbonyl (C=O) groups is 1. The highest BCUT2D eigenvalue weighted by atomic mass is 35.5. The highest BCUT2D eigenvalue weighted by Gasteiger charge is 2.27. The van der Waals surface area contributed by atoms with Crippen molar-refractivity contribution in [2.75, 3.05) is 31.2 Å². The Morgan fingerprint density at radius 3 is 2.50 bits per heavy atom. The number of thioether (sulfide) groups is 2. The molecule has 1 fully saturated rings. The number of rotatable bonds is 7. The molecule has 1 amide bonds. The first kappa shape index (κ1) is 21.3. The van der Waals surface area contributed by atoms with Gasteiger partial charge in [0.2, 0.25) is 0 Å². The molecule has 0 bridgehead atoms. The van der Waals surface area contributed by atoms with Gasteiger partial charge in [-0.3, -0.25) is 4.79 Å². The van der Waals surface area contributed by atoms with Crippen LogP contribution in [0.25, 0.3) is 0 Å². The number of halogens is 3. The van der Waals surface area contributed by atoms with Gasteiger partial charge in [0.1, 0.15) is 5.75 Å². The number of nitrogens with two attached hydrogens (primary N) is 1. The Kier molecular flexibility index (Phi) is 9.18. The minimum atomic E-state index is -3.09. The van der Waals surface area contributed by atoms with E-state index in [1.54, 1.807) is 12.1 Å². The lowest BCUT2D eigenvalue weighted by Gasteiger charge is -2.21. The minimum absolute atomic E-state index is 0. The van der Waals surface area contributed by atoms with E-state index >= 15 is 0 Å². The fourth-order valence-electron chi connectivity index (χ4n) is 1.90. The molecule has 24 heavy (non-hydrogen) atoms. The molecule has 1 aromatic carbocycles. The standard InChI is InChI=1S/C15H20F2N2O2S2.ClH/c16-15(17,9-18)10-19-13(20)8-21-12-4-2-11(3-5-12)14-22-6-1-7-23-14;/h2-5,14H,1,6-10,18H2,(H,19,20);1H. The molecule has 0 atom stereocenters. The number of alkyl halides is 2. The van der Waals surface area contributed by atoms with Crippen molar-refractivity contribution >= 4 is 41.8 Å². The molecule has 9 heteroatoms. The van der Waals surface area contributed by atoms with Crippen molar-refractivity contribution in [2.24, 2.45) is 5.73 Å². The van der Waals surface area contributed by atoms with Gasteiger partial charge in [-0.15, -0.1) is 35.9 Å². The zero-order valence-electron chi connectivity index (χ0n) is 13.0.